The molecule has 1 aromatic carbocycles. The molecule has 4 rings (SSSR count). The van der Waals surface area contributed by atoms with E-state index in [4.69, 9.17) is 14.6 Å². The Balaban J connectivity index is 1.76. The van der Waals surface area contributed by atoms with E-state index in [1.54, 1.807) is 18.9 Å². The fraction of sp³-hybridized carbons (Fsp3) is 0.524. The first kappa shape index (κ1) is 19.3. The summed E-state index contributed by atoms with van der Waals surface area (Å²) in [5, 5.41) is 8.07. The minimum atomic E-state index is -0.186. The first-order valence-corrected chi connectivity index (χ1v) is 10.7. The van der Waals surface area contributed by atoms with Gasteiger partial charge in [-0.25, -0.2) is 4.68 Å². The van der Waals surface area contributed by atoms with Crippen LogP contribution in [-0.4, -0.2) is 40.8 Å². The van der Waals surface area contributed by atoms with Crippen molar-refractivity contribution in [1.82, 2.24) is 9.78 Å². The van der Waals surface area contributed by atoms with Crippen LogP contribution < -0.4 is 10.1 Å². The highest BCUT2D eigenvalue weighted by Gasteiger charge is 2.36. The standard InChI is InChI=1S/C21H27N3O3S/c1-13-18-19(14-5-7-16(26-4)8-6-14)28-12-17(25)22-20(18)24(23-13)15-9-10-27-21(2,3)11-15/h5-8,15,19H,9-12H2,1-4H3,(H,22,25)/t15-,19-/m0/s1. The molecule has 1 amide bonds. The van der Waals surface area contributed by atoms with E-state index < -0.39 is 0 Å². The molecule has 150 valence electrons. The molecule has 2 aliphatic rings. The van der Waals surface area contributed by atoms with Gasteiger partial charge in [0.05, 0.1) is 35.4 Å². The van der Waals surface area contributed by atoms with Crippen molar-refractivity contribution >= 4 is 23.5 Å². The molecule has 0 spiro atoms. The van der Waals surface area contributed by atoms with Gasteiger partial charge in [-0.15, -0.1) is 11.8 Å². The number of hydrogen-bond acceptors (Lipinski definition) is 5. The van der Waals surface area contributed by atoms with E-state index in [2.05, 4.69) is 31.3 Å². The Morgan fingerprint density at radius 3 is 2.75 bits per heavy atom. The van der Waals surface area contributed by atoms with E-state index in [1.165, 1.54) is 0 Å². The second-order valence-corrected chi connectivity index (χ2v) is 9.15. The smallest absolute Gasteiger partial charge is 0.235 e. The summed E-state index contributed by atoms with van der Waals surface area (Å²) in [4.78, 5) is 12.5. The lowest BCUT2D eigenvalue weighted by Crippen LogP contribution is -2.36. The zero-order valence-corrected chi connectivity index (χ0v) is 17.6. The van der Waals surface area contributed by atoms with Gasteiger partial charge in [0.2, 0.25) is 5.91 Å². The summed E-state index contributed by atoms with van der Waals surface area (Å²) in [7, 11) is 1.67. The highest BCUT2D eigenvalue weighted by Crippen LogP contribution is 2.45. The van der Waals surface area contributed by atoms with Gasteiger partial charge >= 0.3 is 0 Å². The Morgan fingerprint density at radius 2 is 2.07 bits per heavy atom. The van der Waals surface area contributed by atoms with E-state index in [0.717, 1.165) is 41.2 Å². The SMILES string of the molecule is COc1ccc([C@@H]2SCC(=O)Nc3c2c(C)nn3[C@H]2CCOC(C)(C)C2)cc1. The first-order chi connectivity index (χ1) is 13.4. The number of fused-ring (bicyclic) bond motifs is 1. The number of aromatic nitrogens is 2. The summed E-state index contributed by atoms with van der Waals surface area (Å²) in [5.41, 5.74) is 3.03. The van der Waals surface area contributed by atoms with Gasteiger partial charge in [-0.1, -0.05) is 12.1 Å². The molecule has 0 unspecified atom stereocenters. The van der Waals surface area contributed by atoms with Crippen LogP contribution in [0.25, 0.3) is 0 Å². The highest BCUT2D eigenvalue weighted by molar-refractivity contribution is 8.00. The summed E-state index contributed by atoms with van der Waals surface area (Å²) in [6.45, 7) is 6.97. The number of aryl methyl sites for hydroxylation is 1. The Bertz CT molecular complexity index is 876. The lowest BCUT2D eigenvalue weighted by molar-refractivity contribution is -0.113. The number of anilines is 1. The summed E-state index contributed by atoms with van der Waals surface area (Å²) < 4.78 is 13.2. The summed E-state index contributed by atoms with van der Waals surface area (Å²) in [6, 6.07) is 8.30. The third kappa shape index (κ3) is 3.65. The minimum absolute atomic E-state index is 0.0229. The van der Waals surface area contributed by atoms with Crippen LogP contribution in [0.3, 0.4) is 0 Å². The van der Waals surface area contributed by atoms with E-state index >= 15 is 0 Å². The normalized spacial score (nSPS) is 24.2. The Morgan fingerprint density at radius 1 is 1.32 bits per heavy atom. The average Bonchev–Trinajstić information content (AvgIpc) is 2.87. The molecule has 0 bridgehead atoms. The molecule has 2 atom stereocenters. The minimum Gasteiger partial charge on any atom is -0.497 e. The Hall–Kier alpha value is -1.99. The Kier molecular flexibility index (Phi) is 5.14. The quantitative estimate of drug-likeness (QED) is 0.839. The number of benzene rings is 1. The van der Waals surface area contributed by atoms with Crippen LogP contribution in [-0.2, 0) is 9.53 Å². The molecule has 3 heterocycles. The van der Waals surface area contributed by atoms with Crippen LogP contribution in [0.5, 0.6) is 5.75 Å². The van der Waals surface area contributed by atoms with E-state index in [-0.39, 0.29) is 22.8 Å². The van der Waals surface area contributed by atoms with Gasteiger partial charge in [0.15, 0.2) is 0 Å². The molecule has 0 saturated carbocycles. The molecule has 1 N–H and O–H groups in total. The lowest BCUT2D eigenvalue weighted by Gasteiger charge is -2.36. The monoisotopic (exact) mass is 401 g/mol. The number of methoxy groups -OCH3 is 1. The van der Waals surface area contributed by atoms with Crippen molar-refractivity contribution in [1.29, 1.82) is 0 Å². The first-order valence-electron chi connectivity index (χ1n) is 9.66. The molecular formula is C21H27N3O3S. The van der Waals surface area contributed by atoms with Crippen molar-refractivity contribution in [3.63, 3.8) is 0 Å². The third-order valence-electron chi connectivity index (χ3n) is 5.47. The maximum atomic E-state index is 12.5. The van der Waals surface area contributed by atoms with Gasteiger partial charge in [0, 0.05) is 12.2 Å². The van der Waals surface area contributed by atoms with Crippen molar-refractivity contribution in [2.75, 3.05) is 24.8 Å². The number of nitrogens with one attached hydrogen (secondary N) is 1. The largest absolute Gasteiger partial charge is 0.497 e. The van der Waals surface area contributed by atoms with Crippen LogP contribution >= 0.6 is 11.8 Å². The topological polar surface area (TPSA) is 65.4 Å². The number of thioether (sulfide) groups is 1. The van der Waals surface area contributed by atoms with Crippen molar-refractivity contribution in [2.45, 2.75) is 50.5 Å². The van der Waals surface area contributed by atoms with Gasteiger partial charge in [-0.05, 0) is 51.3 Å². The zero-order valence-electron chi connectivity index (χ0n) is 16.8. The van der Waals surface area contributed by atoms with E-state index in [9.17, 15) is 4.79 Å². The molecule has 1 fully saturated rings. The van der Waals surface area contributed by atoms with Gasteiger partial charge in [0.1, 0.15) is 11.6 Å². The van der Waals surface area contributed by atoms with Gasteiger partial charge in [-0.2, -0.15) is 5.10 Å². The molecule has 1 saturated heterocycles. The lowest BCUT2D eigenvalue weighted by atomic mass is 9.94. The van der Waals surface area contributed by atoms with Gasteiger partial charge in [-0.3, -0.25) is 4.79 Å². The van der Waals surface area contributed by atoms with Crippen LogP contribution in [0.15, 0.2) is 24.3 Å². The van der Waals surface area contributed by atoms with Crippen LogP contribution in [0.4, 0.5) is 5.82 Å². The van der Waals surface area contributed by atoms with Crippen molar-refractivity contribution in [3.05, 3.63) is 41.1 Å². The van der Waals surface area contributed by atoms with Gasteiger partial charge in [0.25, 0.3) is 0 Å². The molecule has 2 aromatic rings. The van der Waals surface area contributed by atoms with Crippen LogP contribution in [0.2, 0.25) is 0 Å². The number of amides is 1. The summed E-state index contributed by atoms with van der Waals surface area (Å²) >= 11 is 1.64. The van der Waals surface area contributed by atoms with Crippen LogP contribution in [0.1, 0.15) is 54.8 Å². The van der Waals surface area contributed by atoms with Crippen molar-refractivity contribution in [2.24, 2.45) is 0 Å². The molecule has 1 aromatic heterocycles. The fourth-order valence-corrected chi connectivity index (χ4v) is 5.31. The number of carbonyl (C=O) groups is 1. The van der Waals surface area contributed by atoms with Crippen molar-refractivity contribution in [3.8, 4) is 5.75 Å². The zero-order chi connectivity index (χ0) is 19.9. The fourth-order valence-electron chi connectivity index (χ4n) is 4.12. The molecule has 0 radical (unpaired) electrons. The Labute approximate surface area is 170 Å². The molecule has 28 heavy (non-hydrogen) atoms. The summed E-state index contributed by atoms with van der Waals surface area (Å²) in [6.07, 6.45) is 1.77. The number of rotatable bonds is 3. The average molecular weight is 402 g/mol. The predicted molar refractivity (Wildman–Crippen MR) is 111 cm³/mol. The molecule has 0 aliphatic carbocycles. The van der Waals surface area contributed by atoms with Crippen molar-refractivity contribution < 1.29 is 14.3 Å². The van der Waals surface area contributed by atoms with Crippen LogP contribution in [0, 0.1) is 6.92 Å². The molecular weight excluding hydrogens is 374 g/mol. The highest BCUT2D eigenvalue weighted by atomic mass is 32.2. The maximum Gasteiger partial charge on any atom is 0.235 e. The predicted octanol–water partition coefficient (Wildman–Crippen LogP) is 4.10. The second kappa shape index (κ2) is 7.44. The second-order valence-electron chi connectivity index (χ2n) is 8.06. The number of ether oxygens (including phenoxy) is 2. The summed E-state index contributed by atoms with van der Waals surface area (Å²) in [5.74, 6) is 2.11. The number of nitrogens with zero attached hydrogens (tertiary/aromatic N) is 2. The van der Waals surface area contributed by atoms with Gasteiger partial charge < -0.3 is 14.8 Å². The number of hydrogen-bond donors (Lipinski definition) is 1. The molecule has 2 aliphatic heterocycles. The third-order valence-corrected chi connectivity index (χ3v) is 6.74. The van der Waals surface area contributed by atoms with E-state index in [1.807, 2.05) is 23.7 Å². The number of carbonyl (C=O) groups excluding carboxylic acids is 1. The van der Waals surface area contributed by atoms with E-state index in [0.29, 0.717) is 12.4 Å². The molecule has 6 nitrogen and oxygen atoms in total. The maximum absolute atomic E-state index is 12.5. The molecule has 7 heteroatoms.